The number of aliphatic hydroxyl groups excluding tert-OH is 1. The Morgan fingerprint density at radius 3 is 2.23 bits per heavy atom. The van der Waals surface area contributed by atoms with Crippen molar-refractivity contribution in [3.8, 4) is 11.1 Å². The van der Waals surface area contributed by atoms with Crippen molar-refractivity contribution in [2.75, 3.05) is 32.9 Å². The van der Waals surface area contributed by atoms with Gasteiger partial charge in [-0.25, -0.2) is 9.59 Å². The average Bonchev–Trinajstić information content (AvgIpc) is 3.77. The van der Waals surface area contributed by atoms with E-state index in [4.69, 9.17) is 9.47 Å². The highest BCUT2D eigenvalue weighted by atomic mass is 16.6. The standard InChI is InChI=1S/C42H49N3O7/c1-3-5-22-38(43-42(50)52-29-37-35-20-11-9-18-33(35)34-19-10-12-21-36(34)37)41(49)51-28-32-17-13-23-45(32)40(48)31(14-4-2)26-39(47)44(24-25-46)27-30-15-7-6-8-16-30/h3-4,6-12,15-16,18-21,31-32,37-38,46H,1-2,5,13-14,17,22-29H2,(H,43,50). The molecule has 10 heteroatoms. The second-order valence-electron chi connectivity index (χ2n) is 13.3. The monoisotopic (exact) mass is 707 g/mol. The molecule has 0 bridgehead atoms. The second kappa shape index (κ2) is 18.9. The third kappa shape index (κ3) is 9.55. The Balaban J connectivity index is 1.16. The number of allylic oxidation sites excluding steroid dienone is 2. The number of benzene rings is 3. The van der Waals surface area contributed by atoms with E-state index in [1.165, 1.54) is 0 Å². The minimum absolute atomic E-state index is 0.0334. The summed E-state index contributed by atoms with van der Waals surface area (Å²) in [6.07, 6.45) is 4.95. The molecule has 3 aromatic rings. The second-order valence-corrected chi connectivity index (χ2v) is 13.3. The number of esters is 1. The Morgan fingerprint density at radius 2 is 1.58 bits per heavy atom. The Hall–Kier alpha value is -5.22. The van der Waals surface area contributed by atoms with Crippen LogP contribution in [0.15, 0.2) is 104 Å². The molecule has 1 heterocycles. The first-order chi connectivity index (χ1) is 25.3. The maximum absolute atomic E-state index is 13.9. The number of nitrogens with one attached hydrogen (secondary N) is 1. The summed E-state index contributed by atoms with van der Waals surface area (Å²) < 4.78 is 11.4. The van der Waals surface area contributed by atoms with Gasteiger partial charge >= 0.3 is 12.1 Å². The third-order valence-corrected chi connectivity index (χ3v) is 9.82. The normalized spacial score (nSPS) is 15.9. The van der Waals surface area contributed by atoms with E-state index < -0.39 is 24.0 Å². The summed E-state index contributed by atoms with van der Waals surface area (Å²) in [7, 11) is 0. The number of carbonyl (C=O) groups is 4. The predicted octanol–water partition coefficient (Wildman–Crippen LogP) is 6.00. The maximum atomic E-state index is 13.9. The van der Waals surface area contributed by atoms with Gasteiger partial charge in [-0.3, -0.25) is 9.59 Å². The zero-order valence-electron chi connectivity index (χ0n) is 29.7. The molecule has 5 rings (SSSR count). The fourth-order valence-corrected chi connectivity index (χ4v) is 7.16. The van der Waals surface area contributed by atoms with Crippen LogP contribution in [0.2, 0.25) is 0 Å². The van der Waals surface area contributed by atoms with Crippen molar-refractivity contribution >= 4 is 23.9 Å². The molecule has 10 nitrogen and oxygen atoms in total. The van der Waals surface area contributed by atoms with Crippen molar-refractivity contribution in [1.29, 1.82) is 0 Å². The lowest BCUT2D eigenvalue weighted by Gasteiger charge is -2.30. The number of likely N-dealkylation sites (tertiary alicyclic amines) is 1. The van der Waals surface area contributed by atoms with E-state index >= 15 is 0 Å². The largest absolute Gasteiger partial charge is 0.462 e. The third-order valence-electron chi connectivity index (χ3n) is 9.82. The van der Waals surface area contributed by atoms with Crippen LogP contribution in [0.3, 0.4) is 0 Å². The van der Waals surface area contributed by atoms with Gasteiger partial charge < -0.3 is 29.7 Å². The quantitative estimate of drug-likeness (QED) is 0.123. The first kappa shape index (κ1) is 38.0. The lowest BCUT2D eigenvalue weighted by atomic mass is 9.98. The highest BCUT2D eigenvalue weighted by molar-refractivity contribution is 5.86. The van der Waals surface area contributed by atoms with Gasteiger partial charge in [0.25, 0.3) is 0 Å². The molecule has 1 aliphatic carbocycles. The lowest BCUT2D eigenvalue weighted by molar-refractivity contribution is -0.151. The summed E-state index contributed by atoms with van der Waals surface area (Å²) in [5, 5.41) is 12.3. The van der Waals surface area contributed by atoms with E-state index in [2.05, 4.69) is 30.6 Å². The molecule has 0 saturated carbocycles. The van der Waals surface area contributed by atoms with Gasteiger partial charge in [-0.2, -0.15) is 0 Å². The molecule has 52 heavy (non-hydrogen) atoms. The first-order valence-electron chi connectivity index (χ1n) is 18.1. The van der Waals surface area contributed by atoms with E-state index in [0.717, 1.165) is 34.2 Å². The Morgan fingerprint density at radius 1 is 0.904 bits per heavy atom. The van der Waals surface area contributed by atoms with E-state index in [9.17, 15) is 24.3 Å². The van der Waals surface area contributed by atoms with Crippen molar-refractivity contribution < 1.29 is 33.8 Å². The predicted molar refractivity (Wildman–Crippen MR) is 199 cm³/mol. The molecule has 274 valence electrons. The van der Waals surface area contributed by atoms with Crippen LogP contribution in [0.4, 0.5) is 4.79 Å². The number of nitrogens with zero attached hydrogens (tertiary/aromatic N) is 2. The molecule has 0 aromatic heterocycles. The van der Waals surface area contributed by atoms with Crippen molar-refractivity contribution in [2.45, 2.75) is 63.1 Å². The molecule has 2 aliphatic rings. The highest BCUT2D eigenvalue weighted by Gasteiger charge is 2.36. The van der Waals surface area contributed by atoms with Crippen LogP contribution in [0.1, 0.15) is 61.1 Å². The molecule has 1 fully saturated rings. The molecule has 3 amide bonds. The van der Waals surface area contributed by atoms with E-state index in [1.807, 2.05) is 66.7 Å². The zero-order chi connectivity index (χ0) is 36.9. The molecule has 2 N–H and O–H groups in total. The van der Waals surface area contributed by atoms with Crippen molar-refractivity contribution in [3.63, 3.8) is 0 Å². The minimum atomic E-state index is -0.965. The summed E-state index contributed by atoms with van der Waals surface area (Å²) in [5.74, 6) is -1.81. The molecule has 0 radical (unpaired) electrons. The molecule has 3 unspecified atom stereocenters. The Labute approximate surface area is 306 Å². The van der Waals surface area contributed by atoms with Crippen molar-refractivity contribution in [3.05, 3.63) is 121 Å². The van der Waals surface area contributed by atoms with Crippen LogP contribution >= 0.6 is 0 Å². The molecular weight excluding hydrogens is 658 g/mol. The average molecular weight is 708 g/mol. The summed E-state index contributed by atoms with van der Waals surface area (Å²) in [5.41, 5.74) is 5.34. The van der Waals surface area contributed by atoms with Gasteiger partial charge in [-0.15, -0.1) is 13.2 Å². The number of rotatable bonds is 18. The highest BCUT2D eigenvalue weighted by Crippen LogP contribution is 2.44. The van der Waals surface area contributed by atoms with Gasteiger partial charge in [0.05, 0.1) is 18.6 Å². The summed E-state index contributed by atoms with van der Waals surface area (Å²) >= 11 is 0. The molecule has 3 aromatic carbocycles. The smallest absolute Gasteiger partial charge is 0.407 e. The minimum Gasteiger partial charge on any atom is -0.462 e. The summed E-state index contributed by atoms with van der Waals surface area (Å²) in [6, 6.07) is 24.3. The molecular formula is C42H49N3O7. The number of hydrogen-bond donors (Lipinski definition) is 2. The number of fused-ring (bicyclic) bond motifs is 3. The van der Waals surface area contributed by atoms with Crippen molar-refractivity contribution in [1.82, 2.24) is 15.1 Å². The van der Waals surface area contributed by atoms with Crippen LogP contribution in [0.5, 0.6) is 0 Å². The first-order valence-corrected chi connectivity index (χ1v) is 18.1. The number of aliphatic hydroxyl groups is 1. The SMILES string of the molecule is C=CCCC(NC(=O)OCC1c2ccccc2-c2ccccc21)C(=O)OCC1CCCN1C(=O)C(CC=C)CC(=O)N(CCO)Cc1ccccc1. The molecule has 0 spiro atoms. The zero-order valence-corrected chi connectivity index (χ0v) is 29.7. The van der Waals surface area contributed by atoms with Gasteiger partial charge in [0.1, 0.15) is 19.3 Å². The van der Waals surface area contributed by atoms with Gasteiger partial charge in [0.15, 0.2) is 0 Å². The fraction of sp³-hybridized carbons (Fsp3) is 0.381. The number of alkyl carbamates (subject to hydrolysis) is 1. The number of ether oxygens (including phenoxy) is 2. The fourth-order valence-electron chi connectivity index (χ4n) is 7.16. The van der Waals surface area contributed by atoms with E-state index in [1.54, 1.807) is 22.0 Å². The van der Waals surface area contributed by atoms with Crippen LogP contribution in [0, 0.1) is 5.92 Å². The Bertz CT molecular complexity index is 1660. The molecule has 1 aliphatic heterocycles. The lowest BCUT2D eigenvalue weighted by Crippen LogP contribution is -2.46. The van der Waals surface area contributed by atoms with Gasteiger partial charge in [0, 0.05) is 32.0 Å². The number of hydrogen-bond acceptors (Lipinski definition) is 7. The Kier molecular flexibility index (Phi) is 13.8. The summed E-state index contributed by atoms with van der Waals surface area (Å²) in [6.45, 7) is 8.40. The topological polar surface area (TPSA) is 125 Å². The van der Waals surface area contributed by atoms with Crippen LogP contribution in [0.25, 0.3) is 11.1 Å². The maximum Gasteiger partial charge on any atom is 0.407 e. The number of amides is 3. The van der Waals surface area contributed by atoms with Gasteiger partial charge in [-0.05, 0) is 59.9 Å². The van der Waals surface area contributed by atoms with E-state index in [-0.39, 0.29) is 63.0 Å². The van der Waals surface area contributed by atoms with Crippen LogP contribution in [-0.2, 0) is 30.4 Å². The van der Waals surface area contributed by atoms with Crippen LogP contribution < -0.4 is 5.32 Å². The van der Waals surface area contributed by atoms with Crippen LogP contribution in [-0.4, -0.2) is 83.8 Å². The number of carbonyl (C=O) groups excluding carboxylic acids is 4. The van der Waals surface area contributed by atoms with Crippen molar-refractivity contribution in [2.24, 2.45) is 5.92 Å². The van der Waals surface area contributed by atoms with Gasteiger partial charge in [-0.1, -0.05) is 91.0 Å². The van der Waals surface area contributed by atoms with Gasteiger partial charge in [0.2, 0.25) is 11.8 Å². The molecule has 1 saturated heterocycles. The van der Waals surface area contributed by atoms with E-state index in [0.29, 0.717) is 32.4 Å². The summed E-state index contributed by atoms with van der Waals surface area (Å²) in [4.78, 5) is 56.9. The molecule has 3 atom stereocenters.